The molecule has 0 aliphatic carbocycles. The van der Waals surface area contributed by atoms with Gasteiger partial charge in [-0.1, -0.05) is 33.5 Å². The van der Waals surface area contributed by atoms with Gasteiger partial charge in [0.15, 0.2) is 12.4 Å². The molecule has 0 atom stereocenters. The summed E-state index contributed by atoms with van der Waals surface area (Å²) in [5.41, 5.74) is 4.49. The Bertz CT molecular complexity index is 1320. The van der Waals surface area contributed by atoms with Crippen LogP contribution in [0.4, 0.5) is 10.5 Å². The van der Waals surface area contributed by atoms with Gasteiger partial charge in [0.25, 0.3) is 11.8 Å². The lowest BCUT2D eigenvalue weighted by Crippen LogP contribution is -2.42. The van der Waals surface area contributed by atoms with Gasteiger partial charge in [-0.3, -0.25) is 15.0 Å². The third-order valence-corrected chi connectivity index (χ3v) is 5.72. The van der Waals surface area contributed by atoms with Crippen molar-refractivity contribution in [3.8, 4) is 18.2 Å². The Morgan fingerprint density at radius 3 is 2.62 bits per heavy atom. The van der Waals surface area contributed by atoms with E-state index in [1.165, 1.54) is 23.0 Å². The summed E-state index contributed by atoms with van der Waals surface area (Å²) in [6.45, 7) is -0.269. The van der Waals surface area contributed by atoms with Crippen LogP contribution >= 0.6 is 59.4 Å². The second-order valence-electron chi connectivity index (χ2n) is 6.20. The number of pyridine rings is 1. The summed E-state index contributed by atoms with van der Waals surface area (Å²) in [4.78, 5) is 41.7. The van der Waals surface area contributed by atoms with E-state index in [9.17, 15) is 14.4 Å². The summed E-state index contributed by atoms with van der Waals surface area (Å²) in [6.07, 6.45) is 5.57. The number of carbonyl (C=O) groups is 3. The maximum Gasteiger partial charge on any atom is 0.427 e. The largest absolute Gasteiger partial charge is 0.435 e. The van der Waals surface area contributed by atoms with Crippen LogP contribution in [-0.2, 0) is 4.74 Å². The molecule has 10 nitrogen and oxygen atoms in total. The number of hydrogen-bond acceptors (Lipinski definition) is 6. The van der Waals surface area contributed by atoms with E-state index in [1.807, 2.05) is 0 Å². The molecule has 0 bridgehead atoms. The van der Waals surface area contributed by atoms with E-state index in [2.05, 4.69) is 84.7 Å². The minimum atomic E-state index is -0.952. The normalized spacial score (nSPS) is 10.2. The first-order chi connectivity index (χ1) is 16.2. The third-order valence-electron chi connectivity index (χ3n) is 3.95. The molecule has 34 heavy (non-hydrogen) atoms. The zero-order valence-corrected chi connectivity index (χ0v) is 22.2. The Morgan fingerprint density at radius 1 is 1.15 bits per heavy atom. The number of hydrogen-bond donors (Lipinski definition) is 3. The number of nitrogens with one attached hydrogen (secondary N) is 3. The Labute approximate surface area is 223 Å². The third kappa shape index (κ3) is 6.15. The summed E-state index contributed by atoms with van der Waals surface area (Å²) in [5.74, 6) is 1.01. The quantitative estimate of drug-likeness (QED) is 0.271. The monoisotopic (exact) mass is 672 g/mol. The van der Waals surface area contributed by atoms with Gasteiger partial charge in [-0.25, -0.2) is 19.9 Å². The molecule has 3 aromatic rings. The highest BCUT2D eigenvalue weighted by Crippen LogP contribution is 2.32. The van der Waals surface area contributed by atoms with E-state index in [-0.39, 0.29) is 34.4 Å². The molecule has 0 aliphatic rings. The second-order valence-corrected chi connectivity index (χ2v) is 9.19. The average molecular weight is 676 g/mol. The minimum absolute atomic E-state index is 0.0212. The Hall–Kier alpha value is -2.92. The van der Waals surface area contributed by atoms with Gasteiger partial charge in [-0.2, -0.15) is 5.10 Å². The number of rotatable bonds is 5. The van der Waals surface area contributed by atoms with Crippen LogP contribution in [0.15, 0.2) is 50.1 Å². The van der Waals surface area contributed by atoms with Crippen LogP contribution in [0.25, 0.3) is 5.82 Å². The molecule has 0 aliphatic heterocycles. The van der Waals surface area contributed by atoms with Gasteiger partial charge in [-0.05, 0) is 56.1 Å². The number of ether oxygens (including phenoxy) is 1. The van der Waals surface area contributed by atoms with Crippen molar-refractivity contribution in [2.24, 2.45) is 0 Å². The molecule has 1 aromatic carbocycles. The van der Waals surface area contributed by atoms with E-state index in [0.717, 1.165) is 0 Å². The SMILES string of the molecule is C#CCOC(=O)NNC(=O)c1cc(Br)cc(Br)c1NC(=O)c1cc(Br)nn1-c1ncccc1Cl. The van der Waals surface area contributed by atoms with Crippen molar-refractivity contribution in [3.63, 3.8) is 0 Å². The highest BCUT2D eigenvalue weighted by Gasteiger charge is 2.23. The molecule has 3 N–H and O–H groups in total. The summed E-state index contributed by atoms with van der Waals surface area (Å²) < 4.78 is 7.17. The Balaban J connectivity index is 1.90. The Morgan fingerprint density at radius 2 is 1.91 bits per heavy atom. The first-order valence-electron chi connectivity index (χ1n) is 9.04. The van der Waals surface area contributed by atoms with Crippen molar-refractivity contribution in [1.82, 2.24) is 25.6 Å². The molecule has 14 heteroatoms. The zero-order chi connectivity index (χ0) is 24.8. The molecule has 0 spiro atoms. The van der Waals surface area contributed by atoms with Crippen LogP contribution in [0.3, 0.4) is 0 Å². The lowest BCUT2D eigenvalue weighted by atomic mass is 10.1. The highest BCUT2D eigenvalue weighted by molar-refractivity contribution is 9.11. The molecule has 0 unspecified atom stereocenters. The number of carbonyl (C=O) groups excluding carboxylic acids is 3. The molecular formula is C20H12Br3ClN6O4. The van der Waals surface area contributed by atoms with Crippen LogP contribution in [0, 0.1) is 12.3 Å². The van der Waals surface area contributed by atoms with Crippen molar-refractivity contribution < 1.29 is 19.1 Å². The molecule has 174 valence electrons. The lowest BCUT2D eigenvalue weighted by molar-refractivity contribution is 0.0917. The molecule has 3 amide bonds. The number of aromatic nitrogens is 3. The van der Waals surface area contributed by atoms with Gasteiger partial charge in [0.1, 0.15) is 10.3 Å². The summed E-state index contributed by atoms with van der Waals surface area (Å²) in [6, 6.07) is 7.80. The van der Waals surface area contributed by atoms with E-state index >= 15 is 0 Å². The summed E-state index contributed by atoms with van der Waals surface area (Å²) in [5, 5.41) is 7.18. The first kappa shape index (κ1) is 25.7. The second kappa shape index (κ2) is 11.5. The van der Waals surface area contributed by atoms with Crippen LogP contribution < -0.4 is 16.2 Å². The van der Waals surface area contributed by atoms with Crippen LogP contribution in [0.2, 0.25) is 5.02 Å². The van der Waals surface area contributed by atoms with Gasteiger partial charge in [0.05, 0.1) is 16.3 Å². The van der Waals surface area contributed by atoms with Crippen molar-refractivity contribution in [2.45, 2.75) is 0 Å². The fraction of sp³-hybridized carbons (Fsp3) is 0.0500. The topological polar surface area (TPSA) is 127 Å². The number of anilines is 1. The lowest BCUT2D eigenvalue weighted by Gasteiger charge is -2.15. The van der Waals surface area contributed by atoms with Gasteiger partial charge >= 0.3 is 6.09 Å². The predicted molar refractivity (Wildman–Crippen MR) is 135 cm³/mol. The van der Waals surface area contributed by atoms with Gasteiger partial charge in [-0.15, -0.1) is 6.42 Å². The van der Waals surface area contributed by atoms with Crippen molar-refractivity contribution >= 4 is 83.0 Å². The van der Waals surface area contributed by atoms with Crippen molar-refractivity contribution in [1.29, 1.82) is 0 Å². The van der Waals surface area contributed by atoms with Crippen molar-refractivity contribution in [2.75, 3.05) is 11.9 Å². The van der Waals surface area contributed by atoms with Crippen LogP contribution in [0.5, 0.6) is 0 Å². The molecule has 0 saturated heterocycles. The van der Waals surface area contributed by atoms with E-state index in [0.29, 0.717) is 13.5 Å². The fourth-order valence-corrected chi connectivity index (χ4v) is 4.49. The van der Waals surface area contributed by atoms with Crippen LogP contribution in [-0.4, -0.2) is 39.3 Å². The van der Waals surface area contributed by atoms with Gasteiger partial charge in [0.2, 0.25) is 0 Å². The van der Waals surface area contributed by atoms with E-state index in [1.54, 1.807) is 18.2 Å². The first-order valence-corrected chi connectivity index (χ1v) is 11.8. The maximum absolute atomic E-state index is 13.2. The number of halogens is 4. The highest BCUT2D eigenvalue weighted by atomic mass is 79.9. The Kier molecular flexibility index (Phi) is 8.67. The zero-order valence-electron chi connectivity index (χ0n) is 16.7. The molecule has 0 radical (unpaired) electrons. The van der Waals surface area contributed by atoms with E-state index < -0.39 is 17.9 Å². The molecule has 2 aromatic heterocycles. The fourth-order valence-electron chi connectivity index (χ4n) is 2.58. The summed E-state index contributed by atoms with van der Waals surface area (Å²) in [7, 11) is 0. The van der Waals surface area contributed by atoms with Crippen molar-refractivity contribution in [3.05, 3.63) is 66.4 Å². The average Bonchev–Trinajstić information content (AvgIpc) is 3.19. The minimum Gasteiger partial charge on any atom is -0.435 e. The van der Waals surface area contributed by atoms with Crippen LogP contribution in [0.1, 0.15) is 20.8 Å². The standard InChI is InChI=1S/C20H12Br3ClN6O4/c1-2-6-34-20(33)28-27-18(31)11-7-10(21)8-12(22)16(11)26-19(32)14-9-15(23)29-30(14)17-13(24)4-3-5-25-17/h1,3-5,7-9H,6H2,(H,26,32)(H,27,31)(H,28,33). The van der Waals surface area contributed by atoms with Gasteiger partial charge < -0.3 is 10.1 Å². The smallest absolute Gasteiger partial charge is 0.427 e. The van der Waals surface area contributed by atoms with Gasteiger partial charge in [0, 0.05) is 21.2 Å². The van der Waals surface area contributed by atoms with E-state index in [4.69, 9.17) is 18.0 Å². The molecular weight excluding hydrogens is 663 g/mol. The number of benzene rings is 1. The summed E-state index contributed by atoms with van der Waals surface area (Å²) >= 11 is 16.1. The molecule has 2 heterocycles. The maximum atomic E-state index is 13.2. The number of nitrogens with zero attached hydrogens (tertiary/aromatic N) is 3. The number of terminal acetylenes is 1. The predicted octanol–water partition coefficient (Wildman–Crippen LogP) is 4.46. The molecule has 3 rings (SSSR count). The molecule has 0 fully saturated rings. The number of hydrazine groups is 1. The number of amides is 3. The molecule has 0 saturated carbocycles.